The average Bonchev–Trinajstić information content (AvgIpc) is 2.37. The van der Waals surface area contributed by atoms with Gasteiger partial charge in [0.2, 0.25) is 0 Å². The third-order valence-electron chi connectivity index (χ3n) is 2.56. The molecule has 18 heavy (non-hydrogen) atoms. The number of hydrogen-bond acceptors (Lipinski definition) is 4. The van der Waals surface area contributed by atoms with Crippen LogP contribution in [-0.2, 0) is 6.54 Å². The number of aliphatic hydroxyl groups is 1. The van der Waals surface area contributed by atoms with Gasteiger partial charge in [0.25, 0.3) is 0 Å². The zero-order chi connectivity index (χ0) is 13.2. The van der Waals surface area contributed by atoms with Gasteiger partial charge in [0.1, 0.15) is 5.75 Å². The Bertz CT molecular complexity index is 312. The minimum absolute atomic E-state index is 0.263. The maximum absolute atomic E-state index is 8.65. The molecule has 0 saturated heterocycles. The van der Waals surface area contributed by atoms with Crippen LogP contribution in [0.5, 0.6) is 5.75 Å². The molecule has 0 aliphatic carbocycles. The molecule has 0 aliphatic heterocycles. The first-order valence-corrected chi connectivity index (χ1v) is 6.64. The number of nitrogens with zero attached hydrogens (tertiary/aromatic N) is 1. The molecule has 4 heteroatoms. The first kappa shape index (κ1) is 14.9. The summed E-state index contributed by atoms with van der Waals surface area (Å²) >= 11 is 0. The number of hydrogen-bond donors (Lipinski definition) is 2. The van der Waals surface area contributed by atoms with Crippen LogP contribution in [0, 0.1) is 0 Å². The van der Waals surface area contributed by atoms with Crippen molar-refractivity contribution >= 4 is 0 Å². The lowest BCUT2D eigenvalue weighted by molar-refractivity contribution is 0.265. The highest BCUT2D eigenvalue weighted by Gasteiger charge is 1.98. The predicted molar refractivity (Wildman–Crippen MR) is 72.6 cm³/mol. The monoisotopic (exact) mass is 252 g/mol. The topological polar surface area (TPSA) is 54.4 Å². The third-order valence-corrected chi connectivity index (χ3v) is 2.56. The van der Waals surface area contributed by atoms with Gasteiger partial charge in [0.05, 0.1) is 18.5 Å². The Kier molecular flexibility index (Phi) is 7.37. The van der Waals surface area contributed by atoms with Crippen molar-refractivity contribution in [3.63, 3.8) is 0 Å². The SMILES string of the molecule is CC(C)NCc1ccc(OCCCCCO)cn1. The normalized spacial score (nSPS) is 10.9. The molecule has 1 aromatic rings. The Morgan fingerprint density at radius 2 is 2.11 bits per heavy atom. The van der Waals surface area contributed by atoms with Crippen LogP contribution >= 0.6 is 0 Å². The largest absolute Gasteiger partial charge is 0.492 e. The summed E-state index contributed by atoms with van der Waals surface area (Å²) in [6.45, 7) is 5.96. The van der Waals surface area contributed by atoms with E-state index in [-0.39, 0.29) is 6.61 Å². The molecule has 0 aromatic carbocycles. The Morgan fingerprint density at radius 3 is 2.72 bits per heavy atom. The second-order valence-electron chi connectivity index (χ2n) is 4.65. The first-order valence-electron chi connectivity index (χ1n) is 6.64. The molecule has 0 unspecified atom stereocenters. The van der Waals surface area contributed by atoms with Crippen LogP contribution in [0.1, 0.15) is 38.8 Å². The Hall–Kier alpha value is -1.13. The van der Waals surface area contributed by atoms with Gasteiger partial charge in [-0.1, -0.05) is 13.8 Å². The summed E-state index contributed by atoms with van der Waals surface area (Å²) in [5.74, 6) is 0.812. The standard InChI is InChI=1S/C14H24N2O2/c1-12(2)15-10-13-6-7-14(11-16-13)18-9-5-3-4-8-17/h6-7,11-12,15,17H,3-5,8-10H2,1-2H3. The zero-order valence-electron chi connectivity index (χ0n) is 11.4. The van der Waals surface area contributed by atoms with Crippen LogP contribution in [0.25, 0.3) is 0 Å². The van der Waals surface area contributed by atoms with Crippen molar-refractivity contribution in [3.05, 3.63) is 24.0 Å². The van der Waals surface area contributed by atoms with Crippen molar-refractivity contribution < 1.29 is 9.84 Å². The van der Waals surface area contributed by atoms with Gasteiger partial charge in [-0.2, -0.15) is 0 Å². The van der Waals surface area contributed by atoms with Crippen LogP contribution in [0.15, 0.2) is 18.3 Å². The molecule has 1 rings (SSSR count). The molecule has 0 radical (unpaired) electrons. The summed E-state index contributed by atoms with van der Waals surface area (Å²) in [6, 6.07) is 4.41. The van der Waals surface area contributed by atoms with E-state index in [1.54, 1.807) is 6.20 Å². The zero-order valence-corrected chi connectivity index (χ0v) is 11.4. The van der Waals surface area contributed by atoms with Crippen molar-refractivity contribution in [3.8, 4) is 5.75 Å². The highest BCUT2D eigenvalue weighted by Crippen LogP contribution is 2.10. The lowest BCUT2D eigenvalue weighted by Crippen LogP contribution is -2.22. The molecule has 0 spiro atoms. The molecule has 1 heterocycles. The fourth-order valence-corrected chi connectivity index (χ4v) is 1.49. The van der Waals surface area contributed by atoms with Gasteiger partial charge >= 0.3 is 0 Å². The van der Waals surface area contributed by atoms with Gasteiger partial charge in [-0.15, -0.1) is 0 Å². The molecule has 0 atom stereocenters. The summed E-state index contributed by atoms with van der Waals surface area (Å²) in [6.07, 6.45) is 4.59. The molecule has 4 nitrogen and oxygen atoms in total. The number of aromatic nitrogens is 1. The number of aliphatic hydroxyl groups excluding tert-OH is 1. The van der Waals surface area contributed by atoms with Crippen LogP contribution in [0.4, 0.5) is 0 Å². The van der Waals surface area contributed by atoms with Gasteiger partial charge in [-0.05, 0) is 31.4 Å². The van der Waals surface area contributed by atoms with E-state index in [0.29, 0.717) is 12.6 Å². The summed E-state index contributed by atoms with van der Waals surface area (Å²) in [5, 5.41) is 12.0. The summed E-state index contributed by atoms with van der Waals surface area (Å²) in [5.41, 5.74) is 1.02. The number of ether oxygens (including phenoxy) is 1. The molecular weight excluding hydrogens is 228 g/mol. The fourth-order valence-electron chi connectivity index (χ4n) is 1.49. The Labute approximate surface area is 109 Å². The van der Waals surface area contributed by atoms with E-state index in [0.717, 1.165) is 37.3 Å². The first-order chi connectivity index (χ1) is 8.72. The van der Waals surface area contributed by atoms with Crippen LogP contribution < -0.4 is 10.1 Å². The van der Waals surface area contributed by atoms with Gasteiger partial charge in [-0.3, -0.25) is 4.98 Å². The van der Waals surface area contributed by atoms with Crippen LogP contribution in [-0.4, -0.2) is 29.3 Å². The molecular formula is C14H24N2O2. The third kappa shape index (κ3) is 6.57. The maximum atomic E-state index is 8.65. The average molecular weight is 252 g/mol. The smallest absolute Gasteiger partial charge is 0.137 e. The molecule has 0 saturated carbocycles. The lowest BCUT2D eigenvalue weighted by atomic mass is 10.2. The highest BCUT2D eigenvalue weighted by atomic mass is 16.5. The van der Waals surface area contributed by atoms with Gasteiger partial charge in [0, 0.05) is 19.2 Å². The maximum Gasteiger partial charge on any atom is 0.137 e. The van der Waals surface area contributed by atoms with Crippen molar-refractivity contribution in [2.75, 3.05) is 13.2 Å². The molecule has 0 aliphatic rings. The predicted octanol–water partition coefficient (Wildman–Crippen LogP) is 2.12. The minimum atomic E-state index is 0.263. The molecule has 0 fully saturated rings. The van der Waals surface area contributed by atoms with Gasteiger partial charge in [0.15, 0.2) is 0 Å². The number of nitrogens with one attached hydrogen (secondary N) is 1. The quantitative estimate of drug-likeness (QED) is 0.661. The number of pyridine rings is 1. The van der Waals surface area contributed by atoms with Crippen molar-refractivity contribution in [2.45, 2.75) is 45.7 Å². The molecule has 102 valence electrons. The summed E-state index contributed by atoms with van der Waals surface area (Å²) in [4.78, 5) is 4.34. The summed E-state index contributed by atoms with van der Waals surface area (Å²) in [7, 11) is 0. The fraction of sp³-hybridized carbons (Fsp3) is 0.643. The van der Waals surface area contributed by atoms with Crippen molar-refractivity contribution in [2.24, 2.45) is 0 Å². The lowest BCUT2D eigenvalue weighted by Gasteiger charge is -2.09. The van der Waals surface area contributed by atoms with Crippen molar-refractivity contribution in [1.82, 2.24) is 10.3 Å². The number of rotatable bonds is 9. The van der Waals surface area contributed by atoms with Gasteiger partial charge < -0.3 is 15.2 Å². The minimum Gasteiger partial charge on any atom is -0.492 e. The van der Waals surface area contributed by atoms with Crippen LogP contribution in [0.2, 0.25) is 0 Å². The van der Waals surface area contributed by atoms with E-state index < -0.39 is 0 Å². The van der Waals surface area contributed by atoms with E-state index in [1.807, 2.05) is 12.1 Å². The molecule has 1 aromatic heterocycles. The second-order valence-corrected chi connectivity index (χ2v) is 4.65. The van der Waals surface area contributed by atoms with E-state index in [9.17, 15) is 0 Å². The number of unbranched alkanes of at least 4 members (excludes halogenated alkanes) is 2. The highest BCUT2D eigenvalue weighted by molar-refractivity contribution is 5.19. The summed E-state index contributed by atoms with van der Waals surface area (Å²) < 4.78 is 5.57. The van der Waals surface area contributed by atoms with E-state index in [4.69, 9.17) is 9.84 Å². The van der Waals surface area contributed by atoms with Crippen molar-refractivity contribution in [1.29, 1.82) is 0 Å². The van der Waals surface area contributed by atoms with Crippen LogP contribution in [0.3, 0.4) is 0 Å². The second kappa shape index (κ2) is 8.89. The van der Waals surface area contributed by atoms with Gasteiger partial charge in [-0.25, -0.2) is 0 Å². The van der Waals surface area contributed by atoms with E-state index in [2.05, 4.69) is 24.1 Å². The molecule has 2 N–H and O–H groups in total. The Balaban J connectivity index is 2.23. The molecule has 0 bridgehead atoms. The van der Waals surface area contributed by atoms with E-state index >= 15 is 0 Å². The molecule has 0 amide bonds. The van der Waals surface area contributed by atoms with E-state index in [1.165, 1.54) is 0 Å². The Morgan fingerprint density at radius 1 is 1.28 bits per heavy atom.